The first kappa shape index (κ1) is 15.9. The van der Waals surface area contributed by atoms with Crippen LogP contribution in [0.3, 0.4) is 0 Å². The van der Waals surface area contributed by atoms with E-state index in [9.17, 15) is 14.4 Å². The summed E-state index contributed by atoms with van der Waals surface area (Å²) < 4.78 is 4.72. The monoisotopic (exact) mass is 327 g/mol. The van der Waals surface area contributed by atoms with Gasteiger partial charge >= 0.3 is 5.97 Å². The molecule has 1 heterocycles. The fraction of sp³-hybridized carbons (Fsp3) is 0.357. The molecule has 0 saturated carbocycles. The molecule has 1 aliphatic rings. The van der Waals surface area contributed by atoms with Crippen LogP contribution >= 0.6 is 23.4 Å². The minimum atomic E-state index is -0.530. The van der Waals surface area contributed by atoms with Crippen LogP contribution in [0.15, 0.2) is 18.2 Å². The fourth-order valence-electron chi connectivity index (χ4n) is 2.23. The lowest BCUT2D eigenvalue weighted by Gasteiger charge is -2.19. The summed E-state index contributed by atoms with van der Waals surface area (Å²) in [6.45, 7) is 1.84. The summed E-state index contributed by atoms with van der Waals surface area (Å²) in [6, 6.07) is 4.66. The molecule has 112 valence electrons. The first-order chi connectivity index (χ1) is 9.92. The molecular weight excluding hydrogens is 314 g/mol. The summed E-state index contributed by atoms with van der Waals surface area (Å²) in [4.78, 5) is 36.6. The molecular formula is C14H14ClNO4S. The first-order valence-corrected chi connectivity index (χ1v) is 7.53. The van der Waals surface area contributed by atoms with Crippen molar-refractivity contribution in [2.75, 3.05) is 18.6 Å². The van der Waals surface area contributed by atoms with Crippen LogP contribution in [0.2, 0.25) is 5.02 Å². The number of hydrogen-bond donors (Lipinski definition) is 0. The Morgan fingerprint density at radius 3 is 2.76 bits per heavy atom. The Bertz CT molecular complexity index is 605. The van der Waals surface area contributed by atoms with Gasteiger partial charge < -0.3 is 9.64 Å². The third-order valence-corrected chi connectivity index (χ3v) is 4.29. The number of benzene rings is 1. The van der Waals surface area contributed by atoms with Gasteiger partial charge in [0.15, 0.2) is 5.12 Å². The minimum Gasteiger partial charge on any atom is -0.465 e. The molecule has 1 aromatic carbocycles. The van der Waals surface area contributed by atoms with Gasteiger partial charge in [0.1, 0.15) is 0 Å². The molecule has 0 bridgehead atoms. The van der Waals surface area contributed by atoms with Crippen molar-refractivity contribution in [1.82, 2.24) is 0 Å². The molecule has 1 amide bonds. The average Bonchev–Trinajstić information content (AvgIpc) is 2.77. The van der Waals surface area contributed by atoms with Gasteiger partial charge in [-0.1, -0.05) is 23.4 Å². The van der Waals surface area contributed by atoms with Crippen LogP contribution in [-0.2, 0) is 14.3 Å². The molecule has 0 N–H and O–H groups in total. The second-order valence-electron chi connectivity index (χ2n) is 4.59. The Morgan fingerprint density at radius 1 is 1.43 bits per heavy atom. The second kappa shape index (κ2) is 6.49. The standard InChI is InChI=1S/C14H14ClNO4S/c1-8(17)21-10-6-13(18)16(7-10)12-5-9(15)3-4-11(12)14(19)20-2/h3-5,10H,6-7H2,1-2H3. The number of nitrogens with zero attached hydrogens (tertiary/aromatic N) is 1. The number of amides is 1. The van der Waals surface area contributed by atoms with E-state index < -0.39 is 5.97 Å². The molecule has 1 unspecified atom stereocenters. The van der Waals surface area contributed by atoms with Crippen molar-refractivity contribution in [3.63, 3.8) is 0 Å². The maximum atomic E-state index is 12.1. The summed E-state index contributed by atoms with van der Waals surface area (Å²) in [5.41, 5.74) is 0.703. The van der Waals surface area contributed by atoms with Gasteiger partial charge in [0.05, 0.1) is 18.4 Å². The maximum Gasteiger partial charge on any atom is 0.339 e. The molecule has 0 radical (unpaired) electrons. The number of carbonyl (C=O) groups is 3. The quantitative estimate of drug-likeness (QED) is 0.798. The Hall–Kier alpha value is -1.53. The van der Waals surface area contributed by atoms with Crippen molar-refractivity contribution in [3.8, 4) is 0 Å². The highest BCUT2D eigenvalue weighted by molar-refractivity contribution is 8.14. The van der Waals surface area contributed by atoms with E-state index in [2.05, 4.69) is 0 Å². The van der Waals surface area contributed by atoms with E-state index in [1.165, 1.54) is 25.0 Å². The SMILES string of the molecule is COC(=O)c1ccc(Cl)cc1N1CC(SC(C)=O)CC1=O. The van der Waals surface area contributed by atoms with Gasteiger partial charge in [0.2, 0.25) is 5.91 Å². The smallest absolute Gasteiger partial charge is 0.339 e. The zero-order chi connectivity index (χ0) is 15.6. The predicted molar refractivity (Wildman–Crippen MR) is 81.8 cm³/mol. The van der Waals surface area contributed by atoms with Crippen molar-refractivity contribution in [2.45, 2.75) is 18.6 Å². The van der Waals surface area contributed by atoms with Crippen LogP contribution in [0.1, 0.15) is 23.7 Å². The van der Waals surface area contributed by atoms with Gasteiger partial charge in [-0.25, -0.2) is 4.79 Å². The second-order valence-corrected chi connectivity index (χ2v) is 6.51. The number of hydrogen-bond acceptors (Lipinski definition) is 5. The number of esters is 1. The molecule has 1 atom stereocenters. The van der Waals surface area contributed by atoms with Gasteiger partial charge in [-0.3, -0.25) is 9.59 Å². The Labute approximate surface area is 131 Å². The minimum absolute atomic E-state index is 0.0334. The van der Waals surface area contributed by atoms with E-state index in [0.717, 1.165) is 11.8 Å². The largest absolute Gasteiger partial charge is 0.465 e. The molecule has 1 aromatic rings. The number of anilines is 1. The highest BCUT2D eigenvalue weighted by Gasteiger charge is 2.34. The highest BCUT2D eigenvalue weighted by atomic mass is 35.5. The van der Waals surface area contributed by atoms with Gasteiger partial charge in [0.25, 0.3) is 0 Å². The lowest BCUT2D eigenvalue weighted by atomic mass is 10.1. The third kappa shape index (κ3) is 3.57. The molecule has 0 spiro atoms. The van der Waals surface area contributed by atoms with Crippen molar-refractivity contribution in [3.05, 3.63) is 28.8 Å². The van der Waals surface area contributed by atoms with Gasteiger partial charge in [0, 0.05) is 30.2 Å². The van der Waals surface area contributed by atoms with Crippen molar-refractivity contribution in [1.29, 1.82) is 0 Å². The molecule has 7 heteroatoms. The normalized spacial score (nSPS) is 18.0. The van der Waals surface area contributed by atoms with Crippen LogP contribution in [-0.4, -0.2) is 35.9 Å². The maximum absolute atomic E-state index is 12.1. The Balaban J connectivity index is 2.33. The van der Waals surface area contributed by atoms with Crippen molar-refractivity contribution >= 4 is 46.0 Å². The van der Waals surface area contributed by atoms with Gasteiger partial charge in [-0.15, -0.1) is 0 Å². The van der Waals surface area contributed by atoms with Crippen LogP contribution < -0.4 is 4.90 Å². The fourth-order valence-corrected chi connectivity index (χ4v) is 3.32. The van der Waals surface area contributed by atoms with Crippen LogP contribution in [0.25, 0.3) is 0 Å². The van der Waals surface area contributed by atoms with Crippen molar-refractivity contribution < 1.29 is 19.1 Å². The number of carbonyl (C=O) groups excluding carboxylic acids is 3. The van der Waals surface area contributed by atoms with E-state index in [0.29, 0.717) is 17.3 Å². The zero-order valence-corrected chi connectivity index (χ0v) is 13.2. The summed E-state index contributed by atoms with van der Waals surface area (Å²) >= 11 is 7.10. The van der Waals surface area contributed by atoms with E-state index >= 15 is 0 Å². The van der Waals surface area contributed by atoms with E-state index in [4.69, 9.17) is 16.3 Å². The van der Waals surface area contributed by atoms with E-state index in [-0.39, 0.29) is 28.3 Å². The average molecular weight is 328 g/mol. The molecule has 1 saturated heterocycles. The van der Waals surface area contributed by atoms with E-state index in [1.807, 2.05) is 0 Å². The highest BCUT2D eigenvalue weighted by Crippen LogP contribution is 2.32. The summed E-state index contributed by atoms with van der Waals surface area (Å²) in [7, 11) is 1.28. The third-order valence-electron chi connectivity index (χ3n) is 3.08. The van der Waals surface area contributed by atoms with Crippen molar-refractivity contribution in [2.24, 2.45) is 0 Å². The molecule has 5 nitrogen and oxygen atoms in total. The number of rotatable bonds is 3. The molecule has 21 heavy (non-hydrogen) atoms. The number of ether oxygens (including phenoxy) is 1. The zero-order valence-electron chi connectivity index (χ0n) is 11.6. The molecule has 0 aliphatic carbocycles. The summed E-state index contributed by atoms with van der Waals surface area (Å²) in [5, 5.41) is 0.279. The lowest BCUT2D eigenvalue weighted by Crippen LogP contribution is -2.27. The predicted octanol–water partition coefficient (Wildman–Crippen LogP) is 2.51. The molecule has 1 fully saturated rings. The first-order valence-electron chi connectivity index (χ1n) is 6.28. The summed E-state index contributed by atoms with van der Waals surface area (Å²) in [5.74, 6) is -0.668. The molecule has 0 aromatic heterocycles. The molecule has 2 rings (SSSR count). The molecule has 1 aliphatic heterocycles. The number of halogens is 1. The number of thioether (sulfide) groups is 1. The lowest BCUT2D eigenvalue weighted by molar-refractivity contribution is -0.117. The summed E-state index contributed by atoms with van der Waals surface area (Å²) in [6.07, 6.45) is 0.261. The van der Waals surface area contributed by atoms with Crippen LogP contribution in [0, 0.1) is 0 Å². The van der Waals surface area contributed by atoms with Gasteiger partial charge in [-0.2, -0.15) is 0 Å². The van der Waals surface area contributed by atoms with Crippen LogP contribution in [0.4, 0.5) is 5.69 Å². The Morgan fingerprint density at radius 2 is 2.14 bits per heavy atom. The number of methoxy groups -OCH3 is 1. The Kier molecular flexibility index (Phi) is 4.90. The van der Waals surface area contributed by atoms with E-state index in [1.54, 1.807) is 12.1 Å². The topological polar surface area (TPSA) is 63.7 Å². The van der Waals surface area contributed by atoms with Gasteiger partial charge in [-0.05, 0) is 18.2 Å². The van der Waals surface area contributed by atoms with Crippen LogP contribution in [0.5, 0.6) is 0 Å².